The number of rotatable bonds is 3. The number of carbonyl (C=O) groups is 2. The molecule has 0 aromatic rings. The third-order valence-electron chi connectivity index (χ3n) is 4.68. The summed E-state index contributed by atoms with van der Waals surface area (Å²) < 4.78 is 11.0. The topological polar surface area (TPSA) is 93.1 Å². The molecule has 2 aliphatic rings. The first-order valence-corrected chi connectivity index (χ1v) is 8.66. The molecule has 142 valence electrons. The molecule has 0 aromatic carbocycles. The second-order valence-corrected chi connectivity index (χ2v) is 6.84. The lowest BCUT2D eigenvalue weighted by molar-refractivity contribution is -0.147. The van der Waals surface area contributed by atoms with Crippen LogP contribution >= 0.6 is 0 Å². The van der Waals surface area contributed by atoms with Crippen molar-refractivity contribution in [2.45, 2.75) is 51.9 Å². The number of ether oxygens (including phenoxy) is 2. The van der Waals surface area contributed by atoms with Gasteiger partial charge in [-0.25, -0.2) is 9.59 Å². The first-order chi connectivity index (χ1) is 12.3. The maximum absolute atomic E-state index is 12.3. The van der Waals surface area contributed by atoms with Crippen molar-refractivity contribution in [1.82, 2.24) is 0 Å². The fourth-order valence-corrected chi connectivity index (χ4v) is 3.36. The number of hydrogen-bond acceptors (Lipinski definition) is 6. The minimum absolute atomic E-state index is 0.142. The van der Waals surface area contributed by atoms with Gasteiger partial charge in [0.05, 0.1) is 24.2 Å². The van der Waals surface area contributed by atoms with Crippen molar-refractivity contribution in [3.05, 3.63) is 47.1 Å². The molecule has 0 spiro atoms. The average molecular weight is 362 g/mol. The lowest BCUT2D eigenvalue weighted by Crippen LogP contribution is -2.34. The number of esters is 2. The molecule has 1 aliphatic heterocycles. The fraction of sp³-hybridized carbons (Fsp3) is 0.500. The Hall–Kier alpha value is -2.18. The molecule has 0 radical (unpaired) electrons. The molecule has 0 unspecified atom stereocenters. The zero-order chi connectivity index (χ0) is 19.4. The lowest BCUT2D eigenvalue weighted by atomic mass is 9.85. The van der Waals surface area contributed by atoms with Crippen LogP contribution in [-0.2, 0) is 19.1 Å². The molecule has 6 nitrogen and oxygen atoms in total. The molecule has 0 aromatic heterocycles. The van der Waals surface area contributed by atoms with Crippen molar-refractivity contribution < 1.29 is 29.3 Å². The van der Waals surface area contributed by atoms with Crippen LogP contribution < -0.4 is 0 Å². The number of hydrogen-bond donors (Lipinski definition) is 2. The van der Waals surface area contributed by atoms with Crippen molar-refractivity contribution in [1.29, 1.82) is 0 Å². The van der Waals surface area contributed by atoms with E-state index in [4.69, 9.17) is 9.47 Å². The SMILES string of the molecule is C=C1C(=O)O[C@@H]2C=C(C)C[C@H](O)/C=C(\C)C[C@@H](OC(=O)/C(=C\C)CO)[C@@H]12. The number of fused-ring (bicyclic) bond motifs is 1. The number of carbonyl (C=O) groups excluding carboxylic acids is 2. The standard InChI is InChI=1S/C20H26O6/c1-5-14(10-21)20(24)26-17-9-12(3)7-15(22)6-11(2)8-16-18(17)13(4)19(23)25-16/h5,7-8,15-18,21-22H,4,6,9-10H2,1-3H3/b11-8?,12-7+,14-5-/t15-,16+,17+,18-/m0/s1. The van der Waals surface area contributed by atoms with E-state index >= 15 is 0 Å². The van der Waals surface area contributed by atoms with E-state index in [1.165, 1.54) is 6.08 Å². The van der Waals surface area contributed by atoms with Crippen LogP contribution in [0, 0.1) is 5.92 Å². The monoisotopic (exact) mass is 362 g/mol. The minimum Gasteiger partial charge on any atom is -0.458 e. The van der Waals surface area contributed by atoms with Crippen molar-refractivity contribution in [3.8, 4) is 0 Å². The van der Waals surface area contributed by atoms with Gasteiger partial charge in [0, 0.05) is 12.0 Å². The van der Waals surface area contributed by atoms with E-state index in [9.17, 15) is 19.8 Å². The van der Waals surface area contributed by atoms with Gasteiger partial charge in [-0.05, 0) is 33.3 Å². The number of aliphatic hydroxyl groups excluding tert-OH is 2. The van der Waals surface area contributed by atoms with E-state index < -0.39 is 42.8 Å². The second kappa shape index (κ2) is 8.47. The van der Waals surface area contributed by atoms with Gasteiger partial charge in [-0.3, -0.25) is 0 Å². The van der Waals surface area contributed by atoms with Crippen molar-refractivity contribution in [2.24, 2.45) is 5.92 Å². The largest absolute Gasteiger partial charge is 0.458 e. The van der Waals surface area contributed by atoms with Gasteiger partial charge in [0.2, 0.25) is 0 Å². The van der Waals surface area contributed by atoms with Crippen LogP contribution in [0.2, 0.25) is 0 Å². The zero-order valence-corrected chi connectivity index (χ0v) is 15.4. The molecule has 0 saturated carbocycles. The van der Waals surface area contributed by atoms with Crippen LogP contribution in [0.15, 0.2) is 47.1 Å². The summed E-state index contributed by atoms with van der Waals surface area (Å²) in [4.78, 5) is 24.4. The lowest BCUT2D eigenvalue weighted by Gasteiger charge is -2.28. The van der Waals surface area contributed by atoms with E-state index in [0.29, 0.717) is 12.8 Å². The number of aliphatic hydroxyl groups is 2. The van der Waals surface area contributed by atoms with Crippen LogP contribution in [0.5, 0.6) is 0 Å². The van der Waals surface area contributed by atoms with Gasteiger partial charge in [-0.1, -0.05) is 29.9 Å². The molecule has 1 heterocycles. The highest BCUT2D eigenvalue weighted by Crippen LogP contribution is 2.36. The van der Waals surface area contributed by atoms with E-state index in [0.717, 1.165) is 11.1 Å². The molecule has 6 heteroatoms. The maximum Gasteiger partial charge on any atom is 0.336 e. The molecule has 2 rings (SSSR count). The Labute approximate surface area is 153 Å². The van der Waals surface area contributed by atoms with Crippen molar-refractivity contribution >= 4 is 11.9 Å². The predicted molar refractivity (Wildman–Crippen MR) is 96.0 cm³/mol. The van der Waals surface area contributed by atoms with Crippen molar-refractivity contribution in [2.75, 3.05) is 6.61 Å². The number of allylic oxidation sites excluding steroid dienone is 1. The van der Waals surface area contributed by atoms with Gasteiger partial charge < -0.3 is 19.7 Å². The highest BCUT2D eigenvalue weighted by molar-refractivity contribution is 5.92. The third kappa shape index (κ3) is 4.51. The summed E-state index contributed by atoms with van der Waals surface area (Å²) in [6.45, 7) is 8.72. The molecular formula is C20H26O6. The Balaban J connectivity index is 2.41. The molecule has 4 atom stereocenters. The molecular weight excluding hydrogens is 336 g/mol. The Morgan fingerprint density at radius 3 is 2.62 bits per heavy atom. The highest BCUT2D eigenvalue weighted by atomic mass is 16.6. The predicted octanol–water partition coefficient (Wildman–Crippen LogP) is 1.98. The molecule has 0 amide bonds. The molecule has 2 N–H and O–H groups in total. The molecule has 0 bridgehead atoms. The summed E-state index contributed by atoms with van der Waals surface area (Å²) in [6.07, 6.45) is 3.79. The quantitative estimate of drug-likeness (QED) is 0.453. The molecule has 1 aliphatic carbocycles. The first kappa shape index (κ1) is 20.1. The smallest absolute Gasteiger partial charge is 0.336 e. The average Bonchev–Trinajstić information content (AvgIpc) is 2.81. The van der Waals surface area contributed by atoms with Crippen LogP contribution in [0.1, 0.15) is 33.6 Å². The summed E-state index contributed by atoms with van der Waals surface area (Å²) in [5.74, 6) is -1.67. The van der Waals surface area contributed by atoms with E-state index in [2.05, 4.69) is 6.58 Å². The van der Waals surface area contributed by atoms with Gasteiger partial charge >= 0.3 is 11.9 Å². The highest BCUT2D eigenvalue weighted by Gasteiger charge is 2.44. The summed E-state index contributed by atoms with van der Waals surface area (Å²) >= 11 is 0. The Morgan fingerprint density at radius 1 is 1.35 bits per heavy atom. The first-order valence-electron chi connectivity index (χ1n) is 8.66. The van der Waals surface area contributed by atoms with Gasteiger partial charge in [0.1, 0.15) is 12.2 Å². The van der Waals surface area contributed by atoms with Gasteiger partial charge in [-0.15, -0.1) is 0 Å². The third-order valence-corrected chi connectivity index (χ3v) is 4.68. The van der Waals surface area contributed by atoms with E-state index in [1.54, 1.807) is 19.1 Å². The molecule has 26 heavy (non-hydrogen) atoms. The van der Waals surface area contributed by atoms with Crippen LogP contribution in [0.25, 0.3) is 0 Å². The normalized spacial score (nSPS) is 32.1. The van der Waals surface area contributed by atoms with E-state index in [-0.39, 0.29) is 11.1 Å². The van der Waals surface area contributed by atoms with Crippen molar-refractivity contribution in [3.63, 3.8) is 0 Å². The van der Waals surface area contributed by atoms with E-state index in [1.807, 2.05) is 13.8 Å². The minimum atomic E-state index is -0.696. The summed E-state index contributed by atoms with van der Waals surface area (Å²) in [5.41, 5.74) is 2.11. The molecule has 1 fully saturated rings. The van der Waals surface area contributed by atoms with Gasteiger partial charge in [-0.2, -0.15) is 0 Å². The van der Waals surface area contributed by atoms with Crippen LogP contribution in [-0.4, -0.2) is 47.1 Å². The summed E-state index contributed by atoms with van der Waals surface area (Å²) in [5, 5.41) is 19.4. The molecule has 1 saturated heterocycles. The Morgan fingerprint density at radius 2 is 2.00 bits per heavy atom. The Bertz CT molecular complexity index is 684. The Kier molecular flexibility index (Phi) is 6.56. The van der Waals surface area contributed by atoms with Crippen LogP contribution in [0.3, 0.4) is 0 Å². The second-order valence-electron chi connectivity index (χ2n) is 6.84. The fourth-order valence-electron chi connectivity index (χ4n) is 3.36. The zero-order valence-electron chi connectivity index (χ0n) is 15.4. The maximum atomic E-state index is 12.3. The van der Waals surface area contributed by atoms with Gasteiger partial charge in [0.15, 0.2) is 0 Å². The summed E-state index contributed by atoms with van der Waals surface area (Å²) in [7, 11) is 0. The van der Waals surface area contributed by atoms with Gasteiger partial charge in [0.25, 0.3) is 0 Å². The van der Waals surface area contributed by atoms with Crippen LogP contribution in [0.4, 0.5) is 0 Å². The summed E-state index contributed by atoms with van der Waals surface area (Å²) in [6, 6.07) is 0.